The van der Waals surface area contributed by atoms with E-state index < -0.39 is 0 Å². The van der Waals surface area contributed by atoms with Gasteiger partial charge in [0.05, 0.1) is 11.7 Å². The van der Waals surface area contributed by atoms with Gasteiger partial charge in [0.25, 0.3) is 0 Å². The number of hydrogen-bond donors (Lipinski definition) is 1. The van der Waals surface area contributed by atoms with E-state index in [1.807, 2.05) is 12.3 Å². The summed E-state index contributed by atoms with van der Waals surface area (Å²) in [7, 11) is 0. The summed E-state index contributed by atoms with van der Waals surface area (Å²) in [5.41, 5.74) is 8.05. The highest BCUT2D eigenvalue weighted by atomic mass is 15.3. The Labute approximate surface area is 106 Å². The highest BCUT2D eigenvalue weighted by Crippen LogP contribution is 2.44. The molecule has 0 amide bonds. The minimum absolute atomic E-state index is 0.517. The molecule has 2 aliphatic rings. The van der Waals surface area contributed by atoms with E-state index in [9.17, 15) is 0 Å². The van der Waals surface area contributed by atoms with Crippen LogP contribution in [0.2, 0.25) is 0 Å². The van der Waals surface area contributed by atoms with Gasteiger partial charge in [-0.1, -0.05) is 0 Å². The zero-order valence-corrected chi connectivity index (χ0v) is 10.4. The van der Waals surface area contributed by atoms with Crippen LogP contribution in [0.15, 0.2) is 18.3 Å². The van der Waals surface area contributed by atoms with Crippen LogP contribution in [0.5, 0.6) is 0 Å². The van der Waals surface area contributed by atoms with Crippen LogP contribution in [0, 0.1) is 5.92 Å². The Kier molecular flexibility index (Phi) is 2.21. The molecule has 0 unspecified atom stereocenters. The van der Waals surface area contributed by atoms with Crippen molar-refractivity contribution < 1.29 is 0 Å². The van der Waals surface area contributed by atoms with E-state index in [1.165, 1.54) is 23.9 Å². The molecule has 2 N–H and O–H groups in total. The average Bonchev–Trinajstić information content (AvgIpc) is 3.12. The standard InChI is InChI=1S/C14H18N4/c15-8-9-6-11(7-9)18-14-12(2-1-5-16-14)13(17-18)10-3-4-10/h1-2,5,9-11H,3-4,6-8,15H2. The Hall–Kier alpha value is -1.42. The summed E-state index contributed by atoms with van der Waals surface area (Å²) in [6, 6.07) is 4.70. The number of hydrogen-bond acceptors (Lipinski definition) is 3. The van der Waals surface area contributed by atoms with Gasteiger partial charge in [-0.15, -0.1) is 0 Å². The number of nitrogens with two attached hydrogens (primary N) is 1. The molecule has 0 aliphatic heterocycles. The largest absolute Gasteiger partial charge is 0.330 e. The molecule has 2 fully saturated rings. The highest BCUT2D eigenvalue weighted by Gasteiger charge is 2.34. The average molecular weight is 242 g/mol. The van der Waals surface area contributed by atoms with E-state index in [-0.39, 0.29) is 0 Å². The molecule has 0 radical (unpaired) electrons. The summed E-state index contributed by atoms with van der Waals surface area (Å²) in [4.78, 5) is 4.53. The fourth-order valence-corrected chi connectivity index (χ4v) is 3.00. The van der Waals surface area contributed by atoms with Crippen molar-refractivity contribution >= 4 is 11.0 Å². The molecule has 2 aromatic heterocycles. The molecule has 2 saturated carbocycles. The third-order valence-corrected chi connectivity index (χ3v) is 4.35. The van der Waals surface area contributed by atoms with Crippen LogP contribution < -0.4 is 5.73 Å². The molecule has 0 spiro atoms. The molecule has 2 aromatic rings. The molecule has 4 rings (SSSR count). The van der Waals surface area contributed by atoms with Crippen LogP contribution in [-0.4, -0.2) is 21.3 Å². The van der Waals surface area contributed by atoms with Crippen LogP contribution in [0.4, 0.5) is 0 Å². The van der Waals surface area contributed by atoms with E-state index in [1.54, 1.807) is 0 Å². The summed E-state index contributed by atoms with van der Waals surface area (Å²) in [6.07, 6.45) is 6.77. The first-order chi connectivity index (χ1) is 8.86. The molecule has 4 nitrogen and oxygen atoms in total. The van der Waals surface area contributed by atoms with Gasteiger partial charge in [-0.2, -0.15) is 5.10 Å². The summed E-state index contributed by atoms with van der Waals surface area (Å²) in [6.45, 7) is 0.804. The zero-order chi connectivity index (χ0) is 12.1. The number of fused-ring (bicyclic) bond motifs is 1. The number of rotatable bonds is 3. The second-order valence-electron chi connectivity index (χ2n) is 5.71. The van der Waals surface area contributed by atoms with Gasteiger partial charge in [0.2, 0.25) is 0 Å². The van der Waals surface area contributed by atoms with Gasteiger partial charge in [0.1, 0.15) is 0 Å². The fraction of sp³-hybridized carbons (Fsp3) is 0.571. The van der Waals surface area contributed by atoms with Gasteiger partial charge in [0, 0.05) is 17.5 Å². The van der Waals surface area contributed by atoms with Gasteiger partial charge < -0.3 is 5.73 Å². The third-order valence-electron chi connectivity index (χ3n) is 4.35. The summed E-state index contributed by atoms with van der Waals surface area (Å²) in [5.74, 6) is 1.37. The van der Waals surface area contributed by atoms with E-state index in [4.69, 9.17) is 10.8 Å². The first-order valence-electron chi connectivity index (χ1n) is 6.90. The van der Waals surface area contributed by atoms with Gasteiger partial charge in [-0.25, -0.2) is 9.67 Å². The van der Waals surface area contributed by atoms with Crippen molar-refractivity contribution in [2.45, 2.75) is 37.6 Å². The summed E-state index contributed by atoms with van der Waals surface area (Å²) < 4.78 is 2.16. The Morgan fingerprint density at radius 3 is 2.89 bits per heavy atom. The third kappa shape index (κ3) is 1.48. The summed E-state index contributed by atoms with van der Waals surface area (Å²) >= 11 is 0. The first-order valence-corrected chi connectivity index (χ1v) is 6.90. The van der Waals surface area contributed by atoms with E-state index >= 15 is 0 Å². The Bertz CT molecular complexity index is 578. The van der Waals surface area contributed by atoms with Crippen LogP contribution in [0.1, 0.15) is 43.3 Å². The lowest BCUT2D eigenvalue weighted by atomic mass is 9.80. The molecular formula is C14H18N4. The number of pyridine rings is 1. The monoisotopic (exact) mass is 242 g/mol. The minimum atomic E-state index is 0.517. The van der Waals surface area contributed by atoms with Crippen molar-refractivity contribution in [2.24, 2.45) is 11.7 Å². The Balaban J connectivity index is 1.76. The summed E-state index contributed by atoms with van der Waals surface area (Å²) in [5, 5.41) is 6.12. The van der Waals surface area contributed by atoms with E-state index in [0.717, 1.165) is 25.0 Å². The normalized spacial score (nSPS) is 27.4. The predicted octanol–water partition coefficient (Wildman–Crippen LogP) is 2.22. The maximum Gasteiger partial charge on any atom is 0.158 e. The number of aromatic nitrogens is 3. The van der Waals surface area contributed by atoms with E-state index in [2.05, 4.69) is 15.7 Å². The van der Waals surface area contributed by atoms with Crippen molar-refractivity contribution in [2.75, 3.05) is 6.54 Å². The molecule has 2 heterocycles. The minimum Gasteiger partial charge on any atom is -0.330 e. The van der Waals surface area contributed by atoms with Crippen molar-refractivity contribution in [3.05, 3.63) is 24.0 Å². The quantitative estimate of drug-likeness (QED) is 0.897. The van der Waals surface area contributed by atoms with Crippen molar-refractivity contribution in [1.29, 1.82) is 0 Å². The molecular weight excluding hydrogens is 224 g/mol. The predicted molar refractivity (Wildman–Crippen MR) is 70.3 cm³/mol. The van der Waals surface area contributed by atoms with Crippen molar-refractivity contribution in [3.63, 3.8) is 0 Å². The van der Waals surface area contributed by atoms with Gasteiger partial charge in [-0.05, 0) is 50.3 Å². The SMILES string of the molecule is NCC1CC(n2nc(C3CC3)c3cccnc32)C1. The maximum absolute atomic E-state index is 5.70. The maximum atomic E-state index is 5.70. The molecule has 0 saturated heterocycles. The smallest absolute Gasteiger partial charge is 0.158 e. The van der Waals surface area contributed by atoms with Gasteiger partial charge in [0.15, 0.2) is 5.65 Å². The van der Waals surface area contributed by atoms with Crippen LogP contribution in [-0.2, 0) is 0 Å². The van der Waals surface area contributed by atoms with Gasteiger partial charge in [-0.3, -0.25) is 0 Å². The van der Waals surface area contributed by atoms with Crippen molar-refractivity contribution in [1.82, 2.24) is 14.8 Å². The van der Waals surface area contributed by atoms with Crippen LogP contribution in [0.25, 0.3) is 11.0 Å². The molecule has 0 aromatic carbocycles. The molecule has 18 heavy (non-hydrogen) atoms. The first kappa shape index (κ1) is 10.5. The van der Waals surface area contributed by atoms with Gasteiger partial charge >= 0.3 is 0 Å². The zero-order valence-electron chi connectivity index (χ0n) is 10.4. The lowest BCUT2D eigenvalue weighted by Gasteiger charge is -2.34. The topological polar surface area (TPSA) is 56.7 Å². The molecule has 94 valence electrons. The lowest BCUT2D eigenvalue weighted by Crippen LogP contribution is -2.32. The molecule has 4 heteroatoms. The molecule has 0 bridgehead atoms. The molecule has 0 atom stereocenters. The fourth-order valence-electron chi connectivity index (χ4n) is 3.00. The van der Waals surface area contributed by atoms with Crippen molar-refractivity contribution in [3.8, 4) is 0 Å². The lowest BCUT2D eigenvalue weighted by molar-refractivity contribution is 0.193. The second kappa shape index (κ2) is 3.79. The van der Waals surface area contributed by atoms with Crippen LogP contribution >= 0.6 is 0 Å². The molecule has 2 aliphatic carbocycles. The highest BCUT2D eigenvalue weighted by molar-refractivity contribution is 5.79. The Morgan fingerprint density at radius 1 is 1.33 bits per heavy atom. The Morgan fingerprint density at radius 2 is 2.17 bits per heavy atom. The van der Waals surface area contributed by atoms with Crippen LogP contribution in [0.3, 0.4) is 0 Å². The second-order valence-corrected chi connectivity index (χ2v) is 5.71. The number of nitrogens with zero attached hydrogens (tertiary/aromatic N) is 3. The van der Waals surface area contributed by atoms with E-state index in [0.29, 0.717) is 17.9 Å².